The Balaban J connectivity index is 2.15. The minimum absolute atomic E-state index is 0.0291. The van der Waals surface area contributed by atoms with Crippen molar-refractivity contribution in [3.8, 4) is 0 Å². The second-order valence-corrected chi connectivity index (χ2v) is 6.27. The third-order valence-corrected chi connectivity index (χ3v) is 4.63. The monoisotopic (exact) mass is 394 g/mol. The minimum Gasteiger partial charge on any atom is -0.381 e. The summed E-state index contributed by atoms with van der Waals surface area (Å²) in [6.45, 7) is 1.51. The van der Waals surface area contributed by atoms with Gasteiger partial charge in [-0.15, -0.1) is 0 Å². The molecular formula is C13H16ClIN2O2. The first-order valence-corrected chi connectivity index (χ1v) is 7.57. The molecule has 0 aliphatic carbocycles. The van der Waals surface area contributed by atoms with Crippen molar-refractivity contribution in [1.29, 1.82) is 0 Å². The summed E-state index contributed by atoms with van der Waals surface area (Å²) in [7, 11) is 0. The molecule has 1 aromatic rings. The van der Waals surface area contributed by atoms with E-state index < -0.39 is 5.41 Å². The van der Waals surface area contributed by atoms with E-state index in [9.17, 15) is 4.79 Å². The number of hydrogen-bond acceptors (Lipinski definition) is 3. The van der Waals surface area contributed by atoms with Crippen molar-refractivity contribution in [3.05, 3.63) is 26.8 Å². The molecule has 6 heteroatoms. The Morgan fingerprint density at radius 3 is 2.74 bits per heavy atom. The number of carbonyl (C=O) groups excluding carboxylic acids is 1. The Hall–Kier alpha value is -0.370. The van der Waals surface area contributed by atoms with Gasteiger partial charge in [0.2, 0.25) is 5.91 Å². The van der Waals surface area contributed by atoms with Gasteiger partial charge in [0, 0.05) is 28.4 Å². The van der Waals surface area contributed by atoms with Crippen LogP contribution in [0.3, 0.4) is 0 Å². The fraction of sp³-hybridized carbons (Fsp3) is 0.462. The van der Waals surface area contributed by atoms with Gasteiger partial charge in [0.1, 0.15) is 0 Å². The summed E-state index contributed by atoms with van der Waals surface area (Å²) in [5.74, 6) is -0.0291. The molecule has 0 radical (unpaired) electrons. The number of carbonyl (C=O) groups is 1. The summed E-state index contributed by atoms with van der Waals surface area (Å²) >= 11 is 8.05. The second kappa shape index (κ2) is 6.39. The molecule has 104 valence electrons. The van der Waals surface area contributed by atoms with Crippen LogP contribution in [0.1, 0.15) is 12.8 Å². The summed E-state index contributed by atoms with van der Waals surface area (Å²) in [4.78, 5) is 12.5. The van der Waals surface area contributed by atoms with Gasteiger partial charge in [-0.1, -0.05) is 11.6 Å². The van der Waals surface area contributed by atoms with E-state index >= 15 is 0 Å². The molecule has 0 unspecified atom stereocenters. The van der Waals surface area contributed by atoms with Gasteiger partial charge in [-0.05, 0) is 53.6 Å². The average molecular weight is 395 g/mol. The minimum atomic E-state index is -0.513. The molecule has 2 rings (SSSR count). The zero-order chi connectivity index (χ0) is 13.9. The van der Waals surface area contributed by atoms with Gasteiger partial charge in [0.05, 0.1) is 11.1 Å². The number of hydrogen-bond donors (Lipinski definition) is 2. The Morgan fingerprint density at radius 1 is 1.47 bits per heavy atom. The van der Waals surface area contributed by atoms with Crippen LogP contribution in [0, 0.1) is 8.99 Å². The van der Waals surface area contributed by atoms with E-state index in [0.717, 1.165) is 9.26 Å². The van der Waals surface area contributed by atoms with E-state index in [1.807, 2.05) is 12.1 Å². The predicted molar refractivity (Wildman–Crippen MR) is 84.3 cm³/mol. The summed E-state index contributed by atoms with van der Waals surface area (Å²) in [6.07, 6.45) is 1.33. The van der Waals surface area contributed by atoms with E-state index in [4.69, 9.17) is 22.1 Å². The number of halogens is 2. The first kappa shape index (κ1) is 15.0. The smallest absolute Gasteiger partial charge is 0.232 e. The SMILES string of the molecule is NCC1(C(=O)Nc2ccc(Cl)cc2I)CCOCC1. The van der Waals surface area contributed by atoms with Crippen LogP contribution in [0.4, 0.5) is 5.69 Å². The molecular weight excluding hydrogens is 379 g/mol. The van der Waals surface area contributed by atoms with Crippen LogP contribution in [-0.4, -0.2) is 25.7 Å². The topological polar surface area (TPSA) is 64.4 Å². The van der Waals surface area contributed by atoms with Gasteiger partial charge in [-0.2, -0.15) is 0 Å². The van der Waals surface area contributed by atoms with Crippen LogP contribution in [-0.2, 0) is 9.53 Å². The third-order valence-electron chi connectivity index (χ3n) is 3.50. The maximum absolute atomic E-state index is 12.5. The number of benzene rings is 1. The van der Waals surface area contributed by atoms with E-state index in [2.05, 4.69) is 27.9 Å². The van der Waals surface area contributed by atoms with Gasteiger partial charge in [0.25, 0.3) is 0 Å². The van der Waals surface area contributed by atoms with Crippen molar-refractivity contribution in [2.75, 3.05) is 25.1 Å². The van der Waals surface area contributed by atoms with Crippen molar-refractivity contribution in [2.24, 2.45) is 11.1 Å². The normalized spacial score (nSPS) is 18.1. The third kappa shape index (κ3) is 3.39. The maximum atomic E-state index is 12.5. The molecule has 1 amide bonds. The van der Waals surface area contributed by atoms with Gasteiger partial charge in [-0.25, -0.2) is 0 Å². The van der Waals surface area contributed by atoms with Crippen LogP contribution >= 0.6 is 34.2 Å². The maximum Gasteiger partial charge on any atom is 0.232 e. The van der Waals surface area contributed by atoms with Crippen LogP contribution in [0.15, 0.2) is 18.2 Å². The summed E-state index contributed by atoms with van der Waals surface area (Å²) in [5.41, 5.74) is 6.08. The fourth-order valence-corrected chi connectivity index (χ4v) is 3.14. The molecule has 1 aromatic carbocycles. The average Bonchev–Trinajstić information content (AvgIpc) is 2.42. The van der Waals surface area contributed by atoms with Gasteiger partial charge >= 0.3 is 0 Å². The molecule has 1 fully saturated rings. The number of anilines is 1. The van der Waals surface area contributed by atoms with Crippen LogP contribution in [0.25, 0.3) is 0 Å². The molecule has 0 spiro atoms. The quantitative estimate of drug-likeness (QED) is 0.775. The molecule has 19 heavy (non-hydrogen) atoms. The first-order valence-electron chi connectivity index (χ1n) is 6.12. The van der Waals surface area contributed by atoms with Crippen LogP contribution in [0.2, 0.25) is 5.02 Å². The highest BCUT2D eigenvalue weighted by Crippen LogP contribution is 2.32. The highest BCUT2D eigenvalue weighted by Gasteiger charge is 2.38. The zero-order valence-electron chi connectivity index (χ0n) is 10.4. The van der Waals surface area contributed by atoms with E-state index in [1.54, 1.807) is 6.07 Å². The lowest BCUT2D eigenvalue weighted by Crippen LogP contribution is -2.46. The second-order valence-electron chi connectivity index (χ2n) is 4.68. The number of amides is 1. The Labute approximate surface area is 131 Å². The molecule has 0 saturated carbocycles. The lowest BCUT2D eigenvalue weighted by Gasteiger charge is -2.34. The first-order chi connectivity index (χ1) is 9.07. The lowest BCUT2D eigenvalue weighted by atomic mass is 9.79. The Bertz CT molecular complexity index is 476. The van der Waals surface area contributed by atoms with Crippen molar-refractivity contribution >= 4 is 45.8 Å². The van der Waals surface area contributed by atoms with Gasteiger partial charge in [0.15, 0.2) is 0 Å². The highest BCUT2D eigenvalue weighted by molar-refractivity contribution is 14.1. The van der Waals surface area contributed by atoms with E-state index in [-0.39, 0.29) is 5.91 Å². The molecule has 0 atom stereocenters. The van der Waals surface area contributed by atoms with E-state index in [0.29, 0.717) is 37.6 Å². The van der Waals surface area contributed by atoms with E-state index in [1.165, 1.54) is 0 Å². The van der Waals surface area contributed by atoms with Gasteiger partial charge in [-0.3, -0.25) is 4.79 Å². The molecule has 0 aromatic heterocycles. The molecule has 1 aliphatic heterocycles. The standard InChI is InChI=1S/C13H16ClIN2O2/c14-9-1-2-11(10(15)7-9)17-12(18)13(8-16)3-5-19-6-4-13/h1-2,7H,3-6,8,16H2,(H,17,18). The number of rotatable bonds is 3. The van der Waals surface area contributed by atoms with Crippen LogP contribution < -0.4 is 11.1 Å². The molecule has 4 nitrogen and oxygen atoms in total. The highest BCUT2D eigenvalue weighted by atomic mass is 127. The fourth-order valence-electron chi connectivity index (χ4n) is 2.13. The molecule has 1 saturated heterocycles. The molecule has 3 N–H and O–H groups in total. The molecule has 1 aliphatic rings. The number of nitrogens with one attached hydrogen (secondary N) is 1. The number of ether oxygens (including phenoxy) is 1. The summed E-state index contributed by atoms with van der Waals surface area (Å²) < 4.78 is 6.23. The lowest BCUT2D eigenvalue weighted by molar-refractivity contribution is -0.130. The van der Waals surface area contributed by atoms with Crippen molar-refractivity contribution in [2.45, 2.75) is 12.8 Å². The predicted octanol–water partition coefficient (Wildman–Crippen LogP) is 2.64. The van der Waals surface area contributed by atoms with Crippen molar-refractivity contribution in [3.63, 3.8) is 0 Å². The Morgan fingerprint density at radius 2 is 2.16 bits per heavy atom. The number of nitrogens with two attached hydrogens (primary N) is 1. The van der Waals surface area contributed by atoms with Crippen LogP contribution in [0.5, 0.6) is 0 Å². The zero-order valence-corrected chi connectivity index (χ0v) is 13.3. The summed E-state index contributed by atoms with van der Waals surface area (Å²) in [6, 6.07) is 5.39. The summed E-state index contributed by atoms with van der Waals surface area (Å²) in [5, 5.41) is 3.61. The van der Waals surface area contributed by atoms with Gasteiger partial charge < -0.3 is 15.8 Å². The van der Waals surface area contributed by atoms with Crippen molar-refractivity contribution in [1.82, 2.24) is 0 Å². The molecule has 0 bridgehead atoms. The largest absolute Gasteiger partial charge is 0.381 e. The van der Waals surface area contributed by atoms with Crippen molar-refractivity contribution < 1.29 is 9.53 Å². The Kier molecular flexibility index (Phi) is 5.05. The molecule has 1 heterocycles.